The number of nitrogens with one attached hydrogen (secondary N) is 1. The van der Waals surface area contributed by atoms with Crippen LogP contribution in [0.15, 0.2) is 18.2 Å². The topological polar surface area (TPSA) is 58.6 Å². The summed E-state index contributed by atoms with van der Waals surface area (Å²) in [6.45, 7) is 6.83. The van der Waals surface area contributed by atoms with E-state index < -0.39 is 11.2 Å². The van der Waals surface area contributed by atoms with Crippen LogP contribution >= 0.6 is 0 Å². The molecule has 2 N–H and O–H groups in total. The minimum Gasteiger partial charge on any atom is -0.476 e. The van der Waals surface area contributed by atoms with Crippen molar-refractivity contribution in [3.8, 4) is 5.75 Å². The maximum Gasteiger partial charge on any atom is 0.268 e. The minimum atomic E-state index is -0.938. The van der Waals surface area contributed by atoms with Gasteiger partial charge in [-0.2, -0.15) is 0 Å². The molecular formula is C13H17NO3. The molecule has 1 heterocycles. The number of hydrogen-bond acceptors (Lipinski definition) is 3. The van der Waals surface area contributed by atoms with Crippen molar-refractivity contribution in [2.75, 3.05) is 5.32 Å². The summed E-state index contributed by atoms with van der Waals surface area (Å²) in [5, 5.41) is 12.7. The van der Waals surface area contributed by atoms with Crippen molar-refractivity contribution in [3.05, 3.63) is 23.8 Å². The molecule has 17 heavy (non-hydrogen) atoms. The van der Waals surface area contributed by atoms with E-state index in [0.717, 1.165) is 5.56 Å². The van der Waals surface area contributed by atoms with Crippen LogP contribution < -0.4 is 10.1 Å². The third kappa shape index (κ3) is 2.13. The highest BCUT2D eigenvalue weighted by Gasteiger charge is 2.35. The van der Waals surface area contributed by atoms with Crippen LogP contribution in [0.3, 0.4) is 0 Å². The Kier molecular flexibility index (Phi) is 2.43. The van der Waals surface area contributed by atoms with Crippen molar-refractivity contribution < 1.29 is 14.6 Å². The quantitative estimate of drug-likeness (QED) is 0.783. The van der Waals surface area contributed by atoms with E-state index in [2.05, 4.69) is 5.32 Å². The van der Waals surface area contributed by atoms with Gasteiger partial charge in [0, 0.05) is 0 Å². The monoisotopic (exact) mass is 235 g/mol. The van der Waals surface area contributed by atoms with Crippen molar-refractivity contribution in [2.45, 2.75) is 38.9 Å². The molecule has 0 fully saturated rings. The molecule has 4 nitrogen and oxygen atoms in total. The zero-order chi connectivity index (χ0) is 12.8. The Bertz CT molecular complexity index is 472. The highest BCUT2D eigenvalue weighted by molar-refractivity contribution is 6.00. The number of carbonyl (C=O) groups excluding carboxylic acids is 1. The fourth-order valence-corrected chi connectivity index (χ4v) is 1.69. The maximum atomic E-state index is 11.7. The van der Waals surface area contributed by atoms with Crippen LogP contribution in [0.25, 0.3) is 0 Å². The molecule has 92 valence electrons. The van der Waals surface area contributed by atoms with Gasteiger partial charge in [-0.3, -0.25) is 4.79 Å². The van der Waals surface area contributed by atoms with Crippen molar-refractivity contribution >= 4 is 11.6 Å². The molecule has 1 aromatic carbocycles. The van der Waals surface area contributed by atoms with E-state index in [4.69, 9.17) is 4.74 Å². The van der Waals surface area contributed by atoms with Crippen molar-refractivity contribution in [1.29, 1.82) is 0 Å². The third-order valence-electron chi connectivity index (χ3n) is 2.85. The number of ether oxygens (including phenoxy) is 1. The molecule has 0 aliphatic carbocycles. The first-order valence-corrected chi connectivity index (χ1v) is 5.57. The first-order chi connectivity index (χ1) is 7.70. The van der Waals surface area contributed by atoms with Gasteiger partial charge in [-0.15, -0.1) is 0 Å². The minimum absolute atomic E-state index is 0.183. The predicted molar refractivity (Wildman–Crippen MR) is 65.0 cm³/mol. The van der Waals surface area contributed by atoms with E-state index in [1.54, 1.807) is 45.9 Å². The van der Waals surface area contributed by atoms with E-state index in [-0.39, 0.29) is 5.91 Å². The van der Waals surface area contributed by atoms with E-state index in [9.17, 15) is 9.90 Å². The van der Waals surface area contributed by atoms with Gasteiger partial charge in [0.2, 0.25) is 0 Å². The van der Waals surface area contributed by atoms with Crippen LogP contribution in [0.1, 0.15) is 33.3 Å². The molecule has 4 heteroatoms. The summed E-state index contributed by atoms with van der Waals surface area (Å²) < 4.78 is 5.61. The molecule has 1 amide bonds. The summed E-state index contributed by atoms with van der Waals surface area (Å²) in [5.74, 6) is 0.445. The summed E-state index contributed by atoms with van der Waals surface area (Å²) in [5.41, 5.74) is -0.454. The molecule has 0 atom stereocenters. The first-order valence-electron chi connectivity index (χ1n) is 5.57. The van der Waals surface area contributed by atoms with Crippen LogP contribution in [-0.4, -0.2) is 16.6 Å². The molecule has 1 aliphatic rings. The standard InChI is InChI=1S/C13H17NO3/c1-12(2,16)8-5-6-10-9(7-8)14-11(15)13(3,4)17-10/h5-7,16H,1-4H3,(H,14,15). The largest absolute Gasteiger partial charge is 0.476 e. The first kappa shape index (κ1) is 11.9. The molecule has 0 aromatic heterocycles. The van der Waals surface area contributed by atoms with Gasteiger partial charge in [0.15, 0.2) is 5.60 Å². The third-order valence-corrected chi connectivity index (χ3v) is 2.85. The van der Waals surface area contributed by atoms with Gasteiger partial charge in [-0.1, -0.05) is 6.07 Å². The predicted octanol–water partition coefficient (Wildman–Crippen LogP) is 2.02. The Balaban J connectivity index is 2.43. The zero-order valence-corrected chi connectivity index (χ0v) is 10.5. The number of rotatable bonds is 1. The van der Waals surface area contributed by atoms with Crippen LogP contribution in [0, 0.1) is 0 Å². The molecule has 0 unspecified atom stereocenters. The Hall–Kier alpha value is -1.55. The molecule has 0 bridgehead atoms. The van der Waals surface area contributed by atoms with E-state index in [1.165, 1.54) is 0 Å². The number of amides is 1. The van der Waals surface area contributed by atoms with Crippen LogP contribution in [-0.2, 0) is 10.4 Å². The highest BCUT2D eigenvalue weighted by Crippen LogP contribution is 2.36. The number of carbonyl (C=O) groups is 1. The molecule has 0 radical (unpaired) electrons. The second kappa shape index (κ2) is 3.47. The van der Waals surface area contributed by atoms with Crippen LogP contribution in [0.2, 0.25) is 0 Å². The van der Waals surface area contributed by atoms with Gasteiger partial charge in [0.05, 0.1) is 11.3 Å². The molecule has 0 saturated heterocycles. The average molecular weight is 235 g/mol. The van der Waals surface area contributed by atoms with Crippen LogP contribution in [0.5, 0.6) is 5.75 Å². The molecule has 2 rings (SSSR count). The Morgan fingerprint density at radius 2 is 2.00 bits per heavy atom. The summed E-state index contributed by atoms with van der Waals surface area (Å²) >= 11 is 0. The second-order valence-electron chi connectivity index (χ2n) is 5.34. The fraction of sp³-hybridized carbons (Fsp3) is 0.462. The van der Waals surface area contributed by atoms with Crippen molar-refractivity contribution in [3.63, 3.8) is 0 Å². The number of anilines is 1. The van der Waals surface area contributed by atoms with E-state index in [0.29, 0.717) is 11.4 Å². The van der Waals surface area contributed by atoms with E-state index in [1.807, 2.05) is 0 Å². The molecule has 1 aliphatic heterocycles. The van der Waals surface area contributed by atoms with Crippen LogP contribution in [0.4, 0.5) is 5.69 Å². The lowest BCUT2D eigenvalue weighted by atomic mass is 9.96. The zero-order valence-electron chi connectivity index (χ0n) is 10.5. The Morgan fingerprint density at radius 3 is 2.59 bits per heavy atom. The molecule has 1 aromatic rings. The maximum absolute atomic E-state index is 11.7. The summed E-state index contributed by atoms with van der Waals surface area (Å²) in [4.78, 5) is 11.7. The van der Waals surface area contributed by atoms with Gasteiger partial charge < -0.3 is 15.2 Å². The fourth-order valence-electron chi connectivity index (χ4n) is 1.69. The Labute approximate surface area is 101 Å². The number of benzene rings is 1. The van der Waals surface area contributed by atoms with Crippen molar-refractivity contribution in [2.24, 2.45) is 0 Å². The lowest BCUT2D eigenvalue weighted by molar-refractivity contribution is -0.129. The second-order valence-corrected chi connectivity index (χ2v) is 5.34. The lowest BCUT2D eigenvalue weighted by Gasteiger charge is -2.32. The molecular weight excluding hydrogens is 218 g/mol. The number of aliphatic hydroxyl groups is 1. The van der Waals surface area contributed by atoms with Gasteiger partial charge in [0.25, 0.3) is 5.91 Å². The summed E-state index contributed by atoms with van der Waals surface area (Å²) in [7, 11) is 0. The van der Waals surface area contributed by atoms with Gasteiger partial charge >= 0.3 is 0 Å². The number of hydrogen-bond donors (Lipinski definition) is 2. The average Bonchev–Trinajstić information content (AvgIpc) is 2.17. The summed E-state index contributed by atoms with van der Waals surface area (Å²) in [6.07, 6.45) is 0. The molecule has 0 saturated carbocycles. The smallest absolute Gasteiger partial charge is 0.268 e. The SMILES string of the molecule is CC1(C)Oc2ccc(C(C)(C)O)cc2NC1=O. The molecule has 0 spiro atoms. The van der Waals surface area contributed by atoms with Crippen molar-refractivity contribution in [1.82, 2.24) is 0 Å². The lowest BCUT2D eigenvalue weighted by Crippen LogP contribution is -2.45. The summed E-state index contributed by atoms with van der Waals surface area (Å²) in [6, 6.07) is 5.30. The highest BCUT2D eigenvalue weighted by atomic mass is 16.5. The number of fused-ring (bicyclic) bond motifs is 1. The van der Waals surface area contributed by atoms with E-state index >= 15 is 0 Å². The normalized spacial score (nSPS) is 18.1. The van der Waals surface area contributed by atoms with Gasteiger partial charge in [-0.25, -0.2) is 0 Å². The van der Waals surface area contributed by atoms with Gasteiger partial charge in [0.1, 0.15) is 5.75 Å². The van der Waals surface area contributed by atoms with Gasteiger partial charge in [-0.05, 0) is 45.4 Å². The Morgan fingerprint density at radius 1 is 1.35 bits per heavy atom.